The number of rotatable bonds is 6. The SMILES string of the molecule is CCOc1ccc(C(CCO)N(C)C)cc1C. The molecule has 0 aliphatic rings. The molecular formula is C14H23NO2. The number of hydrogen-bond acceptors (Lipinski definition) is 3. The first-order valence-corrected chi connectivity index (χ1v) is 6.10. The summed E-state index contributed by atoms with van der Waals surface area (Å²) in [5, 5.41) is 9.10. The molecule has 96 valence electrons. The van der Waals surface area contributed by atoms with Crippen molar-refractivity contribution in [3.8, 4) is 5.75 Å². The Kier molecular flexibility index (Phi) is 5.45. The molecular weight excluding hydrogens is 214 g/mol. The third kappa shape index (κ3) is 3.72. The fourth-order valence-corrected chi connectivity index (χ4v) is 2.04. The summed E-state index contributed by atoms with van der Waals surface area (Å²) in [6.45, 7) is 4.94. The molecule has 1 N–H and O–H groups in total. The van der Waals surface area contributed by atoms with Crippen LogP contribution in [0.2, 0.25) is 0 Å². The number of aryl methyl sites for hydroxylation is 1. The second-order valence-electron chi connectivity index (χ2n) is 4.45. The Morgan fingerprint density at radius 1 is 1.35 bits per heavy atom. The highest BCUT2D eigenvalue weighted by Gasteiger charge is 2.14. The van der Waals surface area contributed by atoms with Crippen LogP contribution in [-0.4, -0.2) is 37.3 Å². The average Bonchev–Trinajstić information content (AvgIpc) is 2.28. The van der Waals surface area contributed by atoms with Crippen LogP contribution in [0.15, 0.2) is 18.2 Å². The van der Waals surface area contributed by atoms with Crippen LogP contribution in [0.1, 0.15) is 30.5 Å². The first-order chi connectivity index (χ1) is 8.10. The lowest BCUT2D eigenvalue weighted by Gasteiger charge is -2.24. The molecule has 1 atom stereocenters. The molecule has 0 aromatic heterocycles. The van der Waals surface area contributed by atoms with Gasteiger partial charge < -0.3 is 14.7 Å². The van der Waals surface area contributed by atoms with Crippen molar-refractivity contribution in [2.24, 2.45) is 0 Å². The van der Waals surface area contributed by atoms with Gasteiger partial charge in [-0.25, -0.2) is 0 Å². The number of aliphatic hydroxyl groups is 1. The van der Waals surface area contributed by atoms with E-state index in [1.165, 1.54) is 5.56 Å². The second kappa shape index (κ2) is 6.62. The van der Waals surface area contributed by atoms with Crippen LogP contribution in [0.25, 0.3) is 0 Å². The van der Waals surface area contributed by atoms with Gasteiger partial charge in [0.05, 0.1) is 6.61 Å². The molecule has 3 nitrogen and oxygen atoms in total. The minimum absolute atomic E-state index is 0.203. The molecule has 0 saturated carbocycles. The molecule has 0 aliphatic carbocycles. The highest BCUT2D eigenvalue weighted by atomic mass is 16.5. The molecule has 1 unspecified atom stereocenters. The summed E-state index contributed by atoms with van der Waals surface area (Å²) in [5.74, 6) is 0.942. The van der Waals surface area contributed by atoms with Crippen molar-refractivity contribution < 1.29 is 9.84 Å². The van der Waals surface area contributed by atoms with Crippen molar-refractivity contribution >= 4 is 0 Å². The molecule has 1 aromatic rings. The van der Waals surface area contributed by atoms with Crippen molar-refractivity contribution in [2.45, 2.75) is 26.3 Å². The molecule has 0 aliphatic heterocycles. The minimum Gasteiger partial charge on any atom is -0.494 e. The van der Waals surface area contributed by atoms with E-state index in [1.54, 1.807) is 0 Å². The molecule has 0 saturated heterocycles. The topological polar surface area (TPSA) is 32.7 Å². The van der Waals surface area contributed by atoms with Gasteiger partial charge in [0.1, 0.15) is 5.75 Å². The summed E-state index contributed by atoms with van der Waals surface area (Å²) < 4.78 is 5.53. The number of aliphatic hydroxyl groups excluding tert-OH is 1. The largest absolute Gasteiger partial charge is 0.494 e. The second-order valence-corrected chi connectivity index (χ2v) is 4.45. The molecule has 0 amide bonds. The van der Waals surface area contributed by atoms with Gasteiger partial charge in [0.25, 0.3) is 0 Å². The minimum atomic E-state index is 0.203. The van der Waals surface area contributed by atoms with Gasteiger partial charge in [-0.1, -0.05) is 12.1 Å². The van der Waals surface area contributed by atoms with Gasteiger partial charge >= 0.3 is 0 Å². The van der Waals surface area contributed by atoms with Gasteiger partial charge in [0, 0.05) is 12.6 Å². The fourth-order valence-electron chi connectivity index (χ4n) is 2.04. The maximum absolute atomic E-state index is 9.10. The van der Waals surface area contributed by atoms with Crippen LogP contribution in [0.4, 0.5) is 0 Å². The zero-order valence-electron chi connectivity index (χ0n) is 11.2. The van der Waals surface area contributed by atoms with Crippen LogP contribution in [0.5, 0.6) is 5.75 Å². The molecule has 0 heterocycles. The summed E-state index contributed by atoms with van der Waals surface area (Å²) in [4.78, 5) is 2.13. The lowest BCUT2D eigenvalue weighted by atomic mass is 10.0. The van der Waals surface area contributed by atoms with E-state index in [2.05, 4.69) is 24.0 Å². The zero-order valence-corrected chi connectivity index (χ0v) is 11.2. The Morgan fingerprint density at radius 3 is 2.53 bits per heavy atom. The number of nitrogens with zero attached hydrogens (tertiary/aromatic N) is 1. The van der Waals surface area contributed by atoms with Crippen LogP contribution < -0.4 is 4.74 Å². The number of benzene rings is 1. The standard InChI is InChI=1S/C14H23NO2/c1-5-17-14-7-6-12(10-11(14)2)13(8-9-16)15(3)4/h6-7,10,13,16H,5,8-9H2,1-4H3. The molecule has 0 fully saturated rings. The third-order valence-corrected chi connectivity index (χ3v) is 2.91. The molecule has 0 spiro atoms. The summed E-state index contributed by atoms with van der Waals surface area (Å²) in [6, 6.07) is 6.50. The van der Waals surface area contributed by atoms with Crippen LogP contribution in [0.3, 0.4) is 0 Å². The maximum Gasteiger partial charge on any atom is 0.122 e. The van der Waals surface area contributed by atoms with Gasteiger partial charge in [-0.3, -0.25) is 0 Å². The van der Waals surface area contributed by atoms with Crippen molar-refractivity contribution in [1.82, 2.24) is 4.90 Å². The predicted octanol–water partition coefficient (Wildman–Crippen LogP) is 2.38. The van der Waals surface area contributed by atoms with E-state index in [0.717, 1.165) is 17.7 Å². The van der Waals surface area contributed by atoms with E-state index in [-0.39, 0.29) is 12.6 Å². The Morgan fingerprint density at radius 2 is 2.06 bits per heavy atom. The van der Waals surface area contributed by atoms with Crippen LogP contribution in [0, 0.1) is 6.92 Å². The fraction of sp³-hybridized carbons (Fsp3) is 0.571. The number of ether oxygens (including phenoxy) is 1. The van der Waals surface area contributed by atoms with Crippen molar-refractivity contribution in [1.29, 1.82) is 0 Å². The highest BCUT2D eigenvalue weighted by Crippen LogP contribution is 2.27. The van der Waals surface area contributed by atoms with E-state index in [9.17, 15) is 0 Å². The smallest absolute Gasteiger partial charge is 0.122 e. The molecule has 0 radical (unpaired) electrons. The first kappa shape index (κ1) is 14.0. The lowest BCUT2D eigenvalue weighted by molar-refractivity contribution is 0.210. The molecule has 3 heteroatoms. The van der Waals surface area contributed by atoms with E-state index >= 15 is 0 Å². The molecule has 0 bridgehead atoms. The third-order valence-electron chi connectivity index (χ3n) is 2.91. The Hall–Kier alpha value is -1.06. The Bertz CT molecular complexity index is 350. The number of hydrogen-bond donors (Lipinski definition) is 1. The summed E-state index contributed by atoms with van der Waals surface area (Å²) in [5.41, 5.74) is 2.37. The maximum atomic E-state index is 9.10. The van der Waals surface area contributed by atoms with E-state index in [4.69, 9.17) is 9.84 Å². The van der Waals surface area contributed by atoms with E-state index in [0.29, 0.717) is 6.61 Å². The summed E-state index contributed by atoms with van der Waals surface area (Å²) in [6.07, 6.45) is 0.750. The van der Waals surface area contributed by atoms with Gasteiger partial charge in [0.15, 0.2) is 0 Å². The first-order valence-electron chi connectivity index (χ1n) is 6.10. The quantitative estimate of drug-likeness (QED) is 0.824. The zero-order chi connectivity index (χ0) is 12.8. The van der Waals surface area contributed by atoms with E-state index in [1.807, 2.05) is 27.1 Å². The van der Waals surface area contributed by atoms with E-state index < -0.39 is 0 Å². The highest BCUT2D eigenvalue weighted by molar-refractivity contribution is 5.37. The van der Waals surface area contributed by atoms with Crippen molar-refractivity contribution in [3.63, 3.8) is 0 Å². The van der Waals surface area contributed by atoms with Gasteiger partial charge in [-0.15, -0.1) is 0 Å². The predicted molar refractivity (Wildman–Crippen MR) is 70.5 cm³/mol. The van der Waals surface area contributed by atoms with Crippen molar-refractivity contribution in [2.75, 3.05) is 27.3 Å². The molecule has 1 rings (SSSR count). The van der Waals surface area contributed by atoms with Gasteiger partial charge in [-0.2, -0.15) is 0 Å². The summed E-state index contributed by atoms with van der Waals surface area (Å²) >= 11 is 0. The van der Waals surface area contributed by atoms with Crippen molar-refractivity contribution in [3.05, 3.63) is 29.3 Å². The lowest BCUT2D eigenvalue weighted by Crippen LogP contribution is -2.21. The van der Waals surface area contributed by atoms with Gasteiger partial charge in [0.2, 0.25) is 0 Å². The normalized spacial score (nSPS) is 12.8. The van der Waals surface area contributed by atoms with Crippen LogP contribution >= 0.6 is 0 Å². The summed E-state index contributed by atoms with van der Waals surface area (Å²) in [7, 11) is 4.07. The van der Waals surface area contributed by atoms with Crippen LogP contribution in [-0.2, 0) is 0 Å². The molecule has 1 aromatic carbocycles. The van der Waals surface area contributed by atoms with Gasteiger partial charge in [-0.05, 0) is 51.6 Å². The Balaban J connectivity index is 2.93. The average molecular weight is 237 g/mol. The molecule has 17 heavy (non-hydrogen) atoms. The Labute approximate surface area is 104 Å². The monoisotopic (exact) mass is 237 g/mol.